The Labute approximate surface area is 144 Å². The van der Waals surface area contributed by atoms with Gasteiger partial charge in [-0.15, -0.1) is 0 Å². The molecule has 1 aromatic carbocycles. The minimum absolute atomic E-state index is 0.000193. The van der Waals surface area contributed by atoms with Crippen molar-refractivity contribution in [3.8, 4) is 0 Å². The number of nitrogens with one attached hydrogen (secondary N) is 2. The number of aryl methyl sites for hydroxylation is 2. The van der Waals surface area contributed by atoms with Crippen LogP contribution in [-0.4, -0.2) is 43.4 Å². The average Bonchev–Trinajstić information content (AvgIpc) is 2.57. The molecule has 0 radical (unpaired) electrons. The van der Waals surface area contributed by atoms with Gasteiger partial charge in [0.25, 0.3) is 0 Å². The summed E-state index contributed by atoms with van der Waals surface area (Å²) in [7, 11) is 1.68. The molecule has 132 valence electrons. The van der Waals surface area contributed by atoms with Crippen molar-refractivity contribution in [2.45, 2.75) is 39.7 Å². The van der Waals surface area contributed by atoms with Crippen LogP contribution in [0.2, 0.25) is 0 Å². The quantitative estimate of drug-likeness (QED) is 0.867. The first-order chi connectivity index (χ1) is 11.4. The Kier molecular flexibility index (Phi) is 6.37. The second-order valence-electron chi connectivity index (χ2n) is 6.80. The molecule has 1 unspecified atom stereocenters. The highest BCUT2D eigenvalue weighted by Crippen LogP contribution is 2.18. The predicted molar refractivity (Wildman–Crippen MR) is 95.7 cm³/mol. The van der Waals surface area contributed by atoms with Crippen molar-refractivity contribution in [3.05, 3.63) is 34.9 Å². The van der Waals surface area contributed by atoms with Gasteiger partial charge in [-0.1, -0.05) is 18.2 Å². The van der Waals surface area contributed by atoms with E-state index in [2.05, 4.69) is 47.6 Å². The number of nitrogens with zero attached hydrogens (tertiary/aromatic N) is 1. The number of amides is 2. The molecule has 0 saturated carbocycles. The SMILES string of the molecule is CNC(=O)C1CCN(CC(=O)NC(C)c2ccc(C)c(C)c2)CC1. The summed E-state index contributed by atoms with van der Waals surface area (Å²) in [5, 5.41) is 5.78. The number of rotatable bonds is 5. The molecule has 1 saturated heterocycles. The van der Waals surface area contributed by atoms with Gasteiger partial charge in [0.15, 0.2) is 0 Å². The molecule has 1 aromatic rings. The van der Waals surface area contributed by atoms with E-state index < -0.39 is 0 Å². The summed E-state index contributed by atoms with van der Waals surface area (Å²) in [4.78, 5) is 26.1. The minimum atomic E-state index is 0.000193. The number of carbonyl (C=O) groups excluding carboxylic acids is 2. The van der Waals surface area contributed by atoms with Gasteiger partial charge in [-0.05, 0) is 63.4 Å². The Morgan fingerprint density at radius 1 is 1.21 bits per heavy atom. The van der Waals surface area contributed by atoms with Crippen LogP contribution >= 0.6 is 0 Å². The van der Waals surface area contributed by atoms with E-state index in [4.69, 9.17) is 0 Å². The summed E-state index contributed by atoms with van der Waals surface area (Å²) < 4.78 is 0. The molecule has 1 aliphatic heterocycles. The lowest BCUT2D eigenvalue weighted by Gasteiger charge is -2.30. The molecule has 5 nitrogen and oxygen atoms in total. The normalized spacial score (nSPS) is 17.3. The average molecular weight is 331 g/mol. The van der Waals surface area contributed by atoms with E-state index in [0.29, 0.717) is 6.54 Å². The van der Waals surface area contributed by atoms with Crippen LogP contribution in [0, 0.1) is 19.8 Å². The summed E-state index contributed by atoms with van der Waals surface area (Å²) in [6, 6.07) is 6.30. The number of carbonyl (C=O) groups is 2. The summed E-state index contributed by atoms with van der Waals surface area (Å²) in [6.07, 6.45) is 1.64. The van der Waals surface area contributed by atoms with Crippen molar-refractivity contribution >= 4 is 11.8 Å². The molecule has 5 heteroatoms. The number of piperidine rings is 1. The topological polar surface area (TPSA) is 61.4 Å². The highest BCUT2D eigenvalue weighted by Gasteiger charge is 2.25. The molecule has 2 rings (SSSR count). The Bertz CT molecular complexity index is 592. The second kappa shape index (κ2) is 8.29. The molecule has 2 amide bonds. The third-order valence-corrected chi connectivity index (χ3v) is 4.98. The van der Waals surface area contributed by atoms with Gasteiger partial charge in [-0.25, -0.2) is 0 Å². The van der Waals surface area contributed by atoms with E-state index in [1.165, 1.54) is 11.1 Å². The molecule has 1 aliphatic rings. The molecule has 1 heterocycles. The van der Waals surface area contributed by atoms with Crippen LogP contribution in [0.15, 0.2) is 18.2 Å². The van der Waals surface area contributed by atoms with E-state index >= 15 is 0 Å². The van der Waals surface area contributed by atoms with Crippen molar-refractivity contribution in [2.75, 3.05) is 26.7 Å². The van der Waals surface area contributed by atoms with Crippen LogP contribution in [0.1, 0.15) is 42.5 Å². The van der Waals surface area contributed by atoms with Gasteiger partial charge in [0.1, 0.15) is 0 Å². The van der Waals surface area contributed by atoms with E-state index in [1.807, 2.05) is 6.92 Å². The lowest BCUT2D eigenvalue weighted by Crippen LogP contribution is -2.44. The molecule has 0 aromatic heterocycles. The van der Waals surface area contributed by atoms with Crippen LogP contribution in [0.4, 0.5) is 0 Å². The number of likely N-dealkylation sites (tertiary alicyclic amines) is 1. The molecular weight excluding hydrogens is 302 g/mol. The maximum Gasteiger partial charge on any atom is 0.234 e. The van der Waals surface area contributed by atoms with Crippen LogP contribution in [0.5, 0.6) is 0 Å². The van der Waals surface area contributed by atoms with E-state index in [-0.39, 0.29) is 23.8 Å². The molecule has 24 heavy (non-hydrogen) atoms. The Morgan fingerprint density at radius 3 is 2.46 bits per heavy atom. The van der Waals surface area contributed by atoms with Crippen molar-refractivity contribution in [1.82, 2.24) is 15.5 Å². The first kappa shape index (κ1) is 18.5. The van der Waals surface area contributed by atoms with Gasteiger partial charge in [0.2, 0.25) is 11.8 Å². The molecule has 0 bridgehead atoms. The van der Waals surface area contributed by atoms with Gasteiger partial charge in [0.05, 0.1) is 12.6 Å². The number of benzene rings is 1. The van der Waals surface area contributed by atoms with Crippen LogP contribution in [-0.2, 0) is 9.59 Å². The predicted octanol–water partition coefficient (Wildman–Crippen LogP) is 1.94. The van der Waals surface area contributed by atoms with Crippen LogP contribution in [0.3, 0.4) is 0 Å². The smallest absolute Gasteiger partial charge is 0.234 e. The zero-order valence-corrected chi connectivity index (χ0v) is 15.2. The largest absolute Gasteiger partial charge is 0.359 e. The van der Waals surface area contributed by atoms with Crippen LogP contribution in [0.25, 0.3) is 0 Å². The third-order valence-electron chi connectivity index (χ3n) is 4.98. The Hall–Kier alpha value is -1.88. The highest BCUT2D eigenvalue weighted by atomic mass is 16.2. The second-order valence-corrected chi connectivity index (χ2v) is 6.80. The lowest BCUT2D eigenvalue weighted by atomic mass is 9.96. The molecule has 1 fully saturated rings. The van der Waals surface area contributed by atoms with Crippen molar-refractivity contribution in [3.63, 3.8) is 0 Å². The van der Waals surface area contributed by atoms with Gasteiger partial charge in [0, 0.05) is 13.0 Å². The fourth-order valence-electron chi connectivity index (χ4n) is 3.16. The van der Waals surface area contributed by atoms with Crippen LogP contribution < -0.4 is 10.6 Å². The van der Waals surface area contributed by atoms with E-state index in [9.17, 15) is 9.59 Å². The minimum Gasteiger partial charge on any atom is -0.359 e. The van der Waals surface area contributed by atoms with E-state index in [1.54, 1.807) is 7.05 Å². The van der Waals surface area contributed by atoms with Gasteiger partial charge in [-0.3, -0.25) is 14.5 Å². The number of hydrogen-bond acceptors (Lipinski definition) is 3. The number of hydrogen-bond donors (Lipinski definition) is 2. The van der Waals surface area contributed by atoms with Gasteiger partial charge < -0.3 is 10.6 Å². The lowest BCUT2D eigenvalue weighted by molar-refractivity contribution is -0.126. The van der Waals surface area contributed by atoms with Crippen molar-refractivity contribution in [2.24, 2.45) is 5.92 Å². The molecule has 2 N–H and O–H groups in total. The van der Waals surface area contributed by atoms with Crippen molar-refractivity contribution in [1.29, 1.82) is 0 Å². The zero-order chi connectivity index (χ0) is 17.7. The summed E-state index contributed by atoms with van der Waals surface area (Å²) in [6.45, 7) is 8.18. The van der Waals surface area contributed by atoms with E-state index in [0.717, 1.165) is 31.5 Å². The standard InChI is InChI=1S/C19H29N3O2/c1-13-5-6-17(11-14(13)2)15(3)21-18(23)12-22-9-7-16(8-10-22)19(24)20-4/h5-6,11,15-16H,7-10,12H2,1-4H3,(H,20,24)(H,21,23). The first-order valence-electron chi connectivity index (χ1n) is 8.71. The summed E-state index contributed by atoms with van der Waals surface area (Å²) in [5.41, 5.74) is 3.63. The van der Waals surface area contributed by atoms with Gasteiger partial charge in [-0.2, -0.15) is 0 Å². The Balaban J connectivity index is 1.81. The summed E-state index contributed by atoms with van der Waals surface area (Å²) in [5.74, 6) is 0.241. The molecule has 0 aliphatic carbocycles. The monoisotopic (exact) mass is 331 g/mol. The zero-order valence-electron chi connectivity index (χ0n) is 15.2. The maximum atomic E-state index is 12.3. The molecular formula is C19H29N3O2. The fraction of sp³-hybridized carbons (Fsp3) is 0.579. The maximum absolute atomic E-state index is 12.3. The molecule has 0 spiro atoms. The Morgan fingerprint density at radius 2 is 1.88 bits per heavy atom. The third kappa shape index (κ3) is 4.81. The first-order valence-corrected chi connectivity index (χ1v) is 8.71. The molecule has 1 atom stereocenters. The summed E-state index contributed by atoms with van der Waals surface area (Å²) >= 11 is 0. The highest BCUT2D eigenvalue weighted by molar-refractivity contribution is 5.79. The van der Waals surface area contributed by atoms with Gasteiger partial charge >= 0.3 is 0 Å². The van der Waals surface area contributed by atoms with Crippen molar-refractivity contribution < 1.29 is 9.59 Å². The fourth-order valence-corrected chi connectivity index (χ4v) is 3.16.